The Morgan fingerprint density at radius 3 is 2.95 bits per heavy atom. The van der Waals surface area contributed by atoms with Gasteiger partial charge in [-0.3, -0.25) is 4.90 Å². The third-order valence-corrected chi connectivity index (χ3v) is 4.61. The van der Waals surface area contributed by atoms with Gasteiger partial charge in [-0.15, -0.1) is 0 Å². The molecule has 2 atom stereocenters. The number of aliphatic hydroxyl groups is 1. The third kappa shape index (κ3) is 3.29. The Kier molecular flexibility index (Phi) is 4.71. The van der Waals surface area contributed by atoms with Gasteiger partial charge in [0.15, 0.2) is 0 Å². The third-order valence-electron chi connectivity index (χ3n) is 4.31. The second kappa shape index (κ2) is 6.73. The summed E-state index contributed by atoms with van der Waals surface area (Å²) in [7, 11) is 0. The lowest BCUT2D eigenvalue weighted by Crippen LogP contribution is -2.30. The summed E-state index contributed by atoms with van der Waals surface area (Å²) in [4.78, 5) is 2.29. The van der Waals surface area contributed by atoms with Crippen LogP contribution in [0.5, 0.6) is 5.75 Å². The molecule has 1 aliphatic heterocycles. The second-order valence-electron chi connectivity index (χ2n) is 5.78. The number of hydrogen-bond acceptors (Lipinski definition) is 4. The molecule has 1 aromatic heterocycles. The molecule has 118 valence electrons. The minimum atomic E-state index is -0.589. The van der Waals surface area contributed by atoms with Gasteiger partial charge in [-0.2, -0.15) is 0 Å². The molecule has 4 nitrogen and oxygen atoms in total. The number of furan rings is 1. The van der Waals surface area contributed by atoms with E-state index in [1.165, 1.54) is 0 Å². The average molecular weight is 322 g/mol. The van der Waals surface area contributed by atoms with Gasteiger partial charge in [0.05, 0.1) is 11.3 Å². The molecular weight excluding hydrogens is 302 g/mol. The van der Waals surface area contributed by atoms with Crippen LogP contribution in [-0.4, -0.2) is 27.7 Å². The number of likely N-dealkylation sites (tertiary alicyclic amines) is 1. The first kappa shape index (κ1) is 15.4. The number of hydrogen-bond donors (Lipinski definition) is 2. The summed E-state index contributed by atoms with van der Waals surface area (Å²) in [5.41, 5.74) is 0.826. The zero-order chi connectivity index (χ0) is 15.5. The van der Waals surface area contributed by atoms with Crippen molar-refractivity contribution in [2.24, 2.45) is 0 Å². The van der Waals surface area contributed by atoms with Gasteiger partial charge in [-0.25, -0.2) is 0 Å². The van der Waals surface area contributed by atoms with E-state index >= 15 is 0 Å². The first-order valence-corrected chi connectivity index (χ1v) is 7.95. The normalized spacial score (nSPS) is 20.4. The fraction of sp³-hybridized carbons (Fsp3) is 0.412. The van der Waals surface area contributed by atoms with Crippen LogP contribution < -0.4 is 0 Å². The molecule has 2 aromatic rings. The molecule has 0 amide bonds. The molecule has 1 saturated heterocycles. The molecule has 0 aliphatic carbocycles. The predicted molar refractivity (Wildman–Crippen MR) is 84.8 cm³/mol. The summed E-state index contributed by atoms with van der Waals surface area (Å²) >= 11 is 5.97. The monoisotopic (exact) mass is 321 g/mol. The number of para-hydroxylation sites is 1. The van der Waals surface area contributed by atoms with Crippen molar-refractivity contribution in [1.82, 2.24) is 4.90 Å². The maximum absolute atomic E-state index is 10.3. The molecule has 22 heavy (non-hydrogen) atoms. The Bertz CT molecular complexity index is 614. The van der Waals surface area contributed by atoms with Gasteiger partial charge in [0.1, 0.15) is 17.6 Å². The van der Waals surface area contributed by atoms with Crippen molar-refractivity contribution in [3.8, 4) is 5.75 Å². The Morgan fingerprint density at radius 1 is 1.32 bits per heavy atom. The Morgan fingerprint density at radius 2 is 2.18 bits per heavy atom. The average Bonchev–Trinajstić information content (AvgIpc) is 3.16. The molecule has 1 aromatic carbocycles. The van der Waals surface area contributed by atoms with E-state index in [4.69, 9.17) is 16.0 Å². The van der Waals surface area contributed by atoms with Crippen LogP contribution in [0.3, 0.4) is 0 Å². The largest absolute Gasteiger partial charge is 0.506 e. The molecule has 0 saturated carbocycles. The standard InChI is InChI=1S/C17H20ClNO3/c18-14-6-1-4-12(17(14)21)11-19-8-2-5-13(19)10-15(20)16-7-3-9-22-16/h1,3-4,6-7,9,13,15,20-21H,2,5,8,10-11H2. The van der Waals surface area contributed by atoms with Crippen molar-refractivity contribution in [3.05, 3.63) is 52.9 Å². The van der Waals surface area contributed by atoms with Crippen LogP contribution >= 0.6 is 11.6 Å². The van der Waals surface area contributed by atoms with Gasteiger partial charge in [-0.1, -0.05) is 23.7 Å². The van der Waals surface area contributed by atoms with Crippen LogP contribution in [0, 0.1) is 0 Å². The highest BCUT2D eigenvalue weighted by Crippen LogP contribution is 2.32. The predicted octanol–water partition coefficient (Wildman–Crippen LogP) is 3.73. The molecule has 3 rings (SSSR count). The van der Waals surface area contributed by atoms with E-state index in [0.717, 1.165) is 24.9 Å². The number of aliphatic hydroxyl groups excluding tert-OH is 1. The molecule has 2 unspecified atom stereocenters. The van der Waals surface area contributed by atoms with Crippen molar-refractivity contribution in [2.75, 3.05) is 6.54 Å². The van der Waals surface area contributed by atoms with E-state index in [-0.39, 0.29) is 11.8 Å². The molecule has 0 radical (unpaired) electrons. The minimum absolute atomic E-state index is 0.154. The van der Waals surface area contributed by atoms with E-state index < -0.39 is 6.10 Å². The Balaban J connectivity index is 1.67. The zero-order valence-electron chi connectivity index (χ0n) is 12.3. The van der Waals surface area contributed by atoms with Crippen molar-refractivity contribution in [1.29, 1.82) is 0 Å². The lowest BCUT2D eigenvalue weighted by molar-refractivity contribution is 0.0993. The van der Waals surface area contributed by atoms with E-state index in [1.54, 1.807) is 24.5 Å². The zero-order valence-corrected chi connectivity index (χ0v) is 13.0. The number of halogens is 1. The molecule has 0 bridgehead atoms. The maximum atomic E-state index is 10.3. The van der Waals surface area contributed by atoms with E-state index in [9.17, 15) is 10.2 Å². The quantitative estimate of drug-likeness (QED) is 0.881. The molecule has 1 fully saturated rings. The highest BCUT2D eigenvalue weighted by atomic mass is 35.5. The van der Waals surface area contributed by atoms with Gasteiger partial charge in [0, 0.05) is 18.2 Å². The summed E-state index contributed by atoms with van der Waals surface area (Å²) in [6.45, 7) is 1.60. The molecule has 2 heterocycles. The first-order valence-electron chi connectivity index (χ1n) is 7.57. The van der Waals surface area contributed by atoms with Crippen molar-refractivity contribution >= 4 is 11.6 Å². The Labute approximate surface area is 134 Å². The summed E-state index contributed by atoms with van der Waals surface area (Å²) in [5.74, 6) is 0.763. The van der Waals surface area contributed by atoms with E-state index in [2.05, 4.69) is 4.90 Å². The fourth-order valence-corrected chi connectivity index (χ4v) is 3.33. The van der Waals surface area contributed by atoms with Gasteiger partial charge in [0.2, 0.25) is 0 Å². The summed E-state index contributed by atoms with van der Waals surface area (Å²) in [6, 6.07) is 9.28. The van der Waals surface area contributed by atoms with Crippen LogP contribution in [0.15, 0.2) is 41.0 Å². The van der Waals surface area contributed by atoms with Crippen LogP contribution in [0.2, 0.25) is 5.02 Å². The molecule has 0 spiro atoms. The SMILES string of the molecule is Oc1c(Cl)cccc1CN1CCCC1CC(O)c1ccco1. The number of phenols is 1. The number of phenolic OH excluding ortho intramolecular Hbond substituents is 1. The van der Waals surface area contributed by atoms with Crippen LogP contribution in [0.4, 0.5) is 0 Å². The maximum Gasteiger partial charge on any atom is 0.138 e. The van der Waals surface area contributed by atoms with Crippen LogP contribution in [0.25, 0.3) is 0 Å². The van der Waals surface area contributed by atoms with Gasteiger partial charge >= 0.3 is 0 Å². The minimum Gasteiger partial charge on any atom is -0.506 e. The van der Waals surface area contributed by atoms with Gasteiger partial charge in [0.25, 0.3) is 0 Å². The van der Waals surface area contributed by atoms with Crippen molar-refractivity contribution in [2.45, 2.75) is 38.0 Å². The number of rotatable bonds is 5. The van der Waals surface area contributed by atoms with Crippen molar-refractivity contribution < 1.29 is 14.6 Å². The fourth-order valence-electron chi connectivity index (χ4n) is 3.13. The summed E-state index contributed by atoms with van der Waals surface area (Å²) < 4.78 is 5.27. The number of benzene rings is 1. The summed E-state index contributed by atoms with van der Waals surface area (Å²) in [6.07, 6.45) is 3.76. The number of nitrogens with zero attached hydrogens (tertiary/aromatic N) is 1. The highest BCUT2D eigenvalue weighted by molar-refractivity contribution is 6.32. The van der Waals surface area contributed by atoms with E-state index in [0.29, 0.717) is 23.7 Å². The van der Waals surface area contributed by atoms with Gasteiger partial charge < -0.3 is 14.6 Å². The van der Waals surface area contributed by atoms with Gasteiger partial charge in [-0.05, 0) is 44.0 Å². The molecule has 2 N–H and O–H groups in total. The van der Waals surface area contributed by atoms with E-state index in [1.807, 2.05) is 12.1 Å². The lowest BCUT2D eigenvalue weighted by Gasteiger charge is -2.26. The molecule has 5 heteroatoms. The smallest absolute Gasteiger partial charge is 0.138 e. The van der Waals surface area contributed by atoms with Crippen molar-refractivity contribution in [3.63, 3.8) is 0 Å². The summed E-state index contributed by atoms with van der Waals surface area (Å²) in [5, 5.41) is 20.7. The van der Waals surface area contributed by atoms with Crippen LogP contribution in [0.1, 0.15) is 36.7 Å². The van der Waals surface area contributed by atoms with Crippen LogP contribution in [-0.2, 0) is 6.54 Å². The first-order chi connectivity index (χ1) is 10.6. The molecular formula is C17H20ClNO3. The number of aromatic hydroxyl groups is 1. The molecule has 1 aliphatic rings. The Hall–Kier alpha value is -1.49. The lowest BCUT2D eigenvalue weighted by atomic mass is 10.0. The topological polar surface area (TPSA) is 56.8 Å². The second-order valence-corrected chi connectivity index (χ2v) is 6.19. The highest BCUT2D eigenvalue weighted by Gasteiger charge is 2.28.